The number of aromatic nitrogens is 4. The van der Waals surface area contributed by atoms with Crippen LogP contribution in [0.5, 0.6) is 0 Å². The number of halogens is 1. The lowest BCUT2D eigenvalue weighted by molar-refractivity contribution is 0.854. The molecule has 2 heterocycles. The molecule has 0 aliphatic carbocycles. The quantitative estimate of drug-likeness (QED) is 0.569. The molecule has 6 heteroatoms. The van der Waals surface area contributed by atoms with Crippen molar-refractivity contribution >= 4 is 27.9 Å². The van der Waals surface area contributed by atoms with Gasteiger partial charge in [0.25, 0.3) is 0 Å². The zero-order valence-electron chi connectivity index (χ0n) is 11.5. The lowest BCUT2D eigenvalue weighted by Crippen LogP contribution is -1.97. The zero-order chi connectivity index (χ0) is 14.9. The van der Waals surface area contributed by atoms with E-state index in [2.05, 4.69) is 27.4 Å². The van der Waals surface area contributed by atoms with Gasteiger partial charge in [0.2, 0.25) is 4.96 Å². The first-order valence-corrected chi connectivity index (χ1v) is 8.00. The Balaban J connectivity index is 1.75. The molecular weight excluding hydrogens is 316 g/mol. The summed E-state index contributed by atoms with van der Waals surface area (Å²) in [6.45, 7) is 0. The highest BCUT2D eigenvalue weighted by Crippen LogP contribution is 2.31. The Bertz CT molecular complexity index is 930. The summed E-state index contributed by atoms with van der Waals surface area (Å²) in [6, 6.07) is 17.9. The fourth-order valence-electron chi connectivity index (χ4n) is 2.29. The predicted molar refractivity (Wildman–Crippen MR) is 88.4 cm³/mol. The summed E-state index contributed by atoms with van der Waals surface area (Å²) in [5.41, 5.74) is 2.11. The van der Waals surface area contributed by atoms with Gasteiger partial charge in [-0.1, -0.05) is 71.5 Å². The molecule has 4 nitrogen and oxygen atoms in total. The Hall–Kier alpha value is -2.24. The maximum Gasteiger partial charge on any atom is 0.234 e. The Labute approximate surface area is 136 Å². The van der Waals surface area contributed by atoms with Crippen LogP contribution in [0.25, 0.3) is 15.5 Å². The van der Waals surface area contributed by atoms with E-state index in [0.717, 1.165) is 21.4 Å². The fourth-order valence-corrected chi connectivity index (χ4v) is 3.47. The van der Waals surface area contributed by atoms with Gasteiger partial charge in [-0.2, -0.15) is 9.61 Å². The summed E-state index contributed by atoms with van der Waals surface area (Å²) < 4.78 is 1.80. The van der Waals surface area contributed by atoms with Gasteiger partial charge >= 0.3 is 0 Å². The predicted octanol–water partition coefficient (Wildman–Crippen LogP) is 4.10. The maximum absolute atomic E-state index is 6.24. The molecule has 0 aliphatic heterocycles. The van der Waals surface area contributed by atoms with Crippen molar-refractivity contribution in [2.75, 3.05) is 0 Å². The highest BCUT2D eigenvalue weighted by Gasteiger charge is 2.14. The summed E-state index contributed by atoms with van der Waals surface area (Å²) in [6.07, 6.45) is 0.702. The van der Waals surface area contributed by atoms with Gasteiger partial charge in [-0.3, -0.25) is 0 Å². The van der Waals surface area contributed by atoms with Crippen LogP contribution in [0.1, 0.15) is 11.4 Å². The minimum absolute atomic E-state index is 0.692. The highest BCUT2D eigenvalue weighted by molar-refractivity contribution is 7.19. The summed E-state index contributed by atoms with van der Waals surface area (Å²) in [4.78, 5) is 0.779. The second-order valence-electron chi connectivity index (χ2n) is 4.86. The minimum Gasteiger partial charge on any atom is -0.187 e. The third-order valence-corrected chi connectivity index (χ3v) is 4.63. The molecule has 0 amide bonds. The van der Waals surface area contributed by atoms with Gasteiger partial charge in [-0.25, -0.2) is 0 Å². The van der Waals surface area contributed by atoms with Crippen LogP contribution in [0.3, 0.4) is 0 Å². The lowest BCUT2D eigenvalue weighted by Gasteiger charge is -1.99. The minimum atomic E-state index is 0.692. The van der Waals surface area contributed by atoms with Crippen LogP contribution in [-0.2, 0) is 6.42 Å². The van der Waals surface area contributed by atoms with Crippen molar-refractivity contribution in [1.29, 1.82) is 0 Å². The fraction of sp³-hybridized carbons (Fsp3) is 0.0625. The van der Waals surface area contributed by atoms with Crippen LogP contribution in [0.15, 0.2) is 54.6 Å². The van der Waals surface area contributed by atoms with Gasteiger partial charge in [0.1, 0.15) is 5.01 Å². The van der Waals surface area contributed by atoms with Gasteiger partial charge in [0.05, 0.1) is 5.02 Å². The molecule has 0 unspecified atom stereocenters. The van der Waals surface area contributed by atoms with Crippen molar-refractivity contribution in [1.82, 2.24) is 19.8 Å². The van der Waals surface area contributed by atoms with Crippen molar-refractivity contribution in [3.05, 3.63) is 71.0 Å². The number of hydrogen-bond donors (Lipinski definition) is 0. The van der Waals surface area contributed by atoms with Crippen LogP contribution in [0.2, 0.25) is 5.02 Å². The average molecular weight is 327 g/mol. The first-order chi connectivity index (χ1) is 10.8. The Morgan fingerprint density at radius 2 is 1.73 bits per heavy atom. The monoisotopic (exact) mass is 326 g/mol. The van der Waals surface area contributed by atoms with E-state index in [1.54, 1.807) is 4.52 Å². The third-order valence-electron chi connectivity index (χ3n) is 3.36. The number of fused-ring (bicyclic) bond motifs is 1. The Morgan fingerprint density at radius 1 is 0.955 bits per heavy atom. The first-order valence-electron chi connectivity index (χ1n) is 6.81. The normalized spacial score (nSPS) is 11.1. The molecule has 0 saturated carbocycles. The Morgan fingerprint density at radius 3 is 2.55 bits per heavy atom. The standard InChI is InChI=1S/C16H11ClN4S/c17-13-9-5-4-8-12(13)15-20-21-14(18-19-16(21)22-15)10-11-6-2-1-3-7-11/h1-9H,10H2. The van der Waals surface area contributed by atoms with E-state index in [1.165, 1.54) is 16.9 Å². The molecule has 0 N–H and O–H groups in total. The lowest BCUT2D eigenvalue weighted by atomic mass is 10.1. The zero-order valence-corrected chi connectivity index (χ0v) is 13.1. The first kappa shape index (κ1) is 13.4. The van der Waals surface area contributed by atoms with E-state index >= 15 is 0 Å². The summed E-state index contributed by atoms with van der Waals surface area (Å²) in [5.74, 6) is 0.829. The summed E-state index contributed by atoms with van der Waals surface area (Å²) >= 11 is 7.73. The molecular formula is C16H11ClN4S. The molecule has 108 valence electrons. The summed E-state index contributed by atoms with van der Waals surface area (Å²) in [5, 5.41) is 14.6. The van der Waals surface area contributed by atoms with Gasteiger partial charge < -0.3 is 0 Å². The smallest absolute Gasteiger partial charge is 0.187 e. The molecule has 0 atom stereocenters. The van der Waals surface area contributed by atoms with Crippen LogP contribution >= 0.6 is 22.9 Å². The molecule has 0 spiro atoms. The van der Waals surface area contributed by atoms with Crippen molar-refractivity contribution in [3.63, 3.8) is 0 Å². The molecule has 0 radical (unpaired) electrons. The summed E-state index contributed by atoms with van der Waals surface area (Å²) in [7, 11) is 0. The average Bonchev–Trinajstić information content (AvgIpc) is 3.11. The largest absolute Gasteiger partial charge is 0.234 e. The second-order valence-corrected chi connectivity index (χ2v) is 6.22. The SMILES string of the molecule is Clc1ccccc1-c1nn2c(Cc3ccccc3)nnc2s1. The number of hydrogen-bond acceptors (Lipinski definition) is 4. The third kappa shape index (κ3) is 2.38. The number of benzene rings is 2. The van der Waals surface area contributed by atoms with Crippen LogP contribution in [0, 0.1) is 0 Å². The number of rotatable bonds is 3. The Kier molecular flexibility index (Phi) is 3.36. The molecule has 2 aromatic carbocycles. The van der Waals surface area contributed by atoms with E-state index < -0.39 is 0 Å². The van der Waals surface area contributed by atoms with E-state index in [9.17, 15) is 0 Å². The topological polar surface area (TPSA) is 43.1 Å². The second kappa shape index (κ2) is 5.51. The van der Waals surface area contributed by atoms with Crippen molar-refractivity contribution < 1.29 is 0 Å². The van der Waals surface area contributed by atoms with E-state index in [0.29, 0.717) is 11.4 Å². The van der Waals surface area contributed by atoms with E-state index in [4.69, 9.17) is 11.6 Å². The highest BCUT2D eigenvalue weighted by atomic mass is 35.5. The molecule has 0 aliphatic rings. The van der Waals surface area contributed by atoms with Crippen molar-refractivity contribution in [3.8, 4) is 10.6 Å². The van der Waals surface area contributed by atoms with E-state index in [1.807, 2.05) is 42.5 Å². The van der Waals surface area contributed by atoms with E-state index in [-0.39, 0.29) is 0 Å². The molecule has 0 bridgehead atoms. The molecule has 22 heavy (non-hydrogen) atoms. The van der Waals surface area contributed by atoms with Gasteiger partial charge in [-0.05, 0) is 11.6 Å². The van der Waals surface area contributed by atoms with Crippen molar-refractivity contribution in [2.45, 2.75) is 6.42 Å². The molecule has 0 saturated heterocycles. The maximum atomic E-state index is 6.24. The van der Waals surface area contributed by atoms with Crippen LogP contribution < -0.4 is 0 Å². The number of nitrogens with zero attached hydrogens (tertiary/aromatic N) is 4. The van der Waals surface area contributed by atoms with Gasteiger partial charge in [0, 0.05) is 12.0 Å². The molecule has 2 aromatic heterocycles. The van der Waals surface area contributed by atoms with Gasteiger partial charge in [-0.15, -0.1) is 10.2 Å². The molecule has 4 rings (SSSR count). The molecule has 0 fully saturated rings. The molecule has 4 aromatic rings. The van der Waals surface area contributed by atoms with Crippen molar-refractivity contribution in [2.24, 2.45) is 0 Å². The van der Waals surface area contributed by atoms with Crippen LogP contribution in [-0.4, -0.2) is 19.8 Å². The van der Waals surface area contributed by atoms with Crippen LogP contribution in [0.4, 0.5) is 0 Å². The van der Waals surface area contributed by atoms with Gasteiger partial charge in [0.15, 0.2) is 5.82 Å².